The number of aromatic nitrogens is 2. The van der Waals surface area contributed by atoms with Gasteiger partial charge >= 0.3 is 5.97 Å². The second kappa shape index (κ2) is 5.01. The first-order chi connectivity index (χ1) is 8.99. The van der Waals surface area contributed by atoms with Gasteiger partial charge in [-0.25, -0.2) is 9.18 Å². The van der Waals surface area contributed by atoms with E-state index in [-0.39, 0.29) is 17.2 Å². The van der Waals surface area contributed by atoms with Crippen LogP contribution in [0.3, 0.4) is 0 Å². The van der Waals surface area contributed by atoms with Gasteiger partial charge < -0.3 is 9.84 Å². The average molecular weight is 262 g/mol. The molecule has 19 heavy (non-hydrogen) atoms. The van der Waals surface area contributed by atoms with Gasteiger partial charge in [-0.1, -0.05) is 6.07 Å². The van der Waals surface area contributed by atoms with Gasteiger partial charge in [0.2, 0.25) is 0 Å². The third kappa shape index (κ3) is 2.67. The van der Waals surface area contributed by atoms with E-state index < -0.39 is 11.8 Å². The minimum absolute atomic E-state index is 0.0724. The van der Waals surface area contributed by atoms with Crippen molar-refractivity contribution < 1.29 is 19.0 Å². The maximum absolute atomic E-state index is 13.0. The fourth-order valence-electron chi connectivity index (χ4n) is 1.55. The highest BCUT2D eigenvalue weighted by molar-refractivity contribution is 5.92. The summed E-state index contributed by atoms with van der Waals surface area (Å²) in [4.78, 5) is 11.2. The number of aryl methyl sites for hydroxylation is 1. The van der Waals surface area contributed by atoms with E-state index >= 15 is 0 Å². The molecule has 1 aromatic heterocycles. The lowest BCUT2D eigenvalue weighted by molar-refractivity contribution is 0.0692. The number of hydrogen-bond donors (Lipinski definition) is 1. The van der Waals surface area contributed by atoms with Crippen LogP contribution in [-0.4, -0.2) is 21.3 Å². The molecule has 0 fully saturated rings. The van der Waals surface area contributed by atoms with Gasteiger partial charge in [0.05, 0.1) is 5.69 Å². The van der Waals surface area contributed by atoms with Crippen molar-refractivity contribution >= 4 is 5.97 Å². The Kier molecular flexibility index (Phi) is 3.41. The number of carbonyl (C=O) groups is 1. The van der Waals surface area contributed by atoms with Gasteiger partial charge in [0, 0.05) is 6.07 Å². The Morgan fingerprint density at radius 3 is 2.68 bits per heavy atom. The summed E-state index contributed by atoms with van der Waals surface area (Å²) >= 11 is 0. The molecule has 0 saturated carbocycles. The molecule has 1 aromatic carbocycles. The number of benzene rings is 1. The Morgan fingerprint density at radius 2 is 2.05 bits per heavy atom. The normalized spacial score (nSPS) is 10.3. The summed E-state index contributed by atoms with van der Waals surface area (Å²) in [5.41, 5.74) is 0.898. The SMILES string of the molecule is Cc1nnc(Oc2cccc(F)c2)c(C(=O)O)c1C. The molecule has 0 bridgehead atoms. The number of aromatic carboxylic acids is 1. The topological polar surface area (TPSA) is 72.3 Å². The molecule has 2 rings (SSSR count). The largest absolute Gasteiger partial charge is 0.477 e. The number of nitrogens with zero attached hydrogens (tertiary/aromatic N) is 2. The summed E-state index contributed by atoms with van der Waals surface area (Å²) in [6, 6.07) is 5.37. The monoisotopic (exact) mass is 262 g/mol. The lowest BCUT2D eigenvalue weighted by Crippen LogP contribution is -2.08. The Morgan fingerprint density at radius 1 is 1.32 bits per heavy atom. The number of carboxylic acid groups (broad SMARTS) is 1. The van der Waals surface area contributed by atoms with Crippen LogP contribution in [0.1, 0.15) is 21.6 Å². The number of rotatable bonds is 3. The molecular weight excluding hydrogens is 251 g/mol. The summed E-state index contributed by atoms with van der Waals surface area (Å²) in [5.74, 6) is -1.63. The fourth-order valence-corrected chi connectivity index (χ4v) is 1.55. The van der Waals surface area contributed by atoms with Crippen LogP contribution in [0.25, 0.3) is 0 Å². The molecule has 1 N–H and O–H groups in total. The molecule has 0 unspecified atom stereocenters. The van der Waals surface area contributed by atoms with Crippen LogP contribution >= 0.6 is 0 Å². The van der Waals surface area contributed by atoms with E-state index in [1.165, 1.54) is 18.2 Å². The first-order valence-corrected chi connectivity index (χ1v) is 5.49. The van der Waals surface area contributed by atoms with Crippen molar-refractivity contribution in [2.45, 2.75) is 13.8 Å². The van der Waals surface area contributed by atoms with Gasteiger partial charge in [0.25, 0.3) is 5.88 Å². The molecule has 5 nitrogen and oxygen atoms in total. The number of ether oxygens (including phenoxy) is 1. The fraction of sp³-hybridized carbons (Fsp3) is 0.154. The van der Waals surface area contributed by atoms with Crippen molar-refractivity contribution in [1.29, 1.82) is 0 Å². The lowest BCUT2D eigenvalue weighted by Gasteiger charge is -2.10. The molecule has 1 heterocycles. The van der Waals surface area contributed by atoms with E-state index in [1.54, 1.807) is 13.8 Å². The highest BCUT2D eigenvalue weighted by Gasteiger charge is 2.19. The standard InChI is InChI=1S/C13H11FN2O3/c1-7-8(2)15-16-12(11(7)13(17)18)19-10-5-3-4-9(14)6-10/h3-6H,1-2H3,(H,17,18). The molecule has 0 spiro atoms. The van der Waals surface area contributed by atoms with Crippen molar-refractivity contribution in [1.82, 2.24) is 10.2 Å². The highest BCUT2D eigenvalue weighted by Crippen LogP contribution is 2.26. The zero-order valence-corrected chi connectivity index (χ0v) is 10.3. The Hall–Kier alpha value is -2.50. The van der Waals surface area contributed by atoms with Crippen molar-refractivity contribution in [2.75, 3.05) is 0 Å². The van der Waals surface area contributed by atoms with Crippen LogP contribution in [0.15, 0.2) is 24.3 Å². The first-order valence-electron chi connectivity index (χ1n) is 5.49. The van der Waals surface area contributed by atoms with E-state index in [2.05, 4.69) is 10.2 Å². The Bertz CT molecular complexity index is 644. The second-order valence-electron chi connectivity index (χ2n) is 3.96. The zero-order valence-electron chi connectivity index (χ0n) is 10.3. The van der Waals surface area contributed by atoms with Crippen LogP contribution in [0.2, 0.25) is 0 Å². The van der Waals surface area contributed by atoms with E-state index in [9.17, 15) is 14.3 Å². The molecule has 0 aliphatic carbocycles. The van der Waals surface area contributed by atoms with Gasteiger partial charge in [-0.05, 0) is 31.5 Å². The molecule has 6 heteroatoms. The lowest BCUT2D eigenvalue weighted by atomic mass is 10.1. The number of hydrogen-bond acceptors (Lipinski definition) is 4. The van der Waals surface area contributed by atoms with Gasteiger partial charge in [-0.2, -0.15) is 5.10 Å². The third-order valence-corrected chi connectivity index (χ3v) is 2.65. The van der Waals surface area contributed by atoms with E-state index in [4.69, 9.17) is 4.74 Å². The number of carboxylic acids is 1. The van der Waals surface area contributed by atoms with Crippen LogP contribution < -0.4 is 4.74 Å². The van der Waals surface area contributed by atoms with Gasteiger partial charge in [-0.15, -0.1) is 5.10 Å². The summed E-state index contributed by atoms with van der Waals surface area (Å²) < 4.78 is 18.3. The maximum Gasteiger partial charge on any atom is 0.341 e. The minimum atomic E-state index is -1.16. The molecule has 98 valence electrons. The van der Waals surface area contributed by atoms with E-state index in [0.29, 0.717) is 11.3 Å². The summed E-state index contributed by atoms with van der Waals surface area (Å²) in [6.45, 7) is 3.27. The summed E-state index contributed by atoms with van der Waals surface area (Å²) in [6.07, 6.45) is 0. The third-order valence-electron chi connectivity index (χ3n) is 2.65. The van der Waals surface area contributed by atoms with Crippen molar-refractivity contribution in [3.8, 4) is 11.6 Å². The van der Waals surface area contributed by atoms with Crippen molar-refractivity contribution in [3.05, 3.63) is 46.9 Å². The summed E-state index contributed by atoms with van der Waals surface area (Å²) in [5, 5.41) is 16.7. The molecule has 0 saturated heterocycles. The smallest absolute Gasteiger partial charge is 0.341 e. The first kappa shape index (κ1) is 12.9. The van der Waals surface area contributed by atoms with Gasteiger partial charge in [0.15, 0.2) is 0 Å². The van der Waals surface area contributed by atoms with Crippen LogP contribution in [0, 0.1) is 19.7 Å². The Labute approximate surface area is 108 Å². The molecule has 2 aromatic rings. The highest BCUT2D eigenvalue weighted by atomic mass is 19.1. The predicted molar refractivity (Wildman–Crippen MR) is 64.9 cm³/mol. The Balaban J connectivity index is 2.46. The molecule has 0 aliphatic heterocycles. The average Bonchev–Trinajstić information content (AvgIpc) is 2.33. The van der Waals surface area contributed by atoms with Crippen molar-refractivity contribution in [2.24, 2.45) is 0 Å². The zero-order chi connectivity index (χ0) is 14.0. The van der Waals surface area contributed by atoms with Gasteiger partial charge in [0.1, 0.15) is 17.1 Å². The quantitative estimate of drug-likeness (QED) is 0.920. The van der Waals surface area contributed by atoms with Gasteiger partial charge in [-0.3, -0.25) is 0 Å². The molecule has 0 atom stereocenters. The van der Waals surface area contributed by atoms with Crippen LogP contribution in [-0.2, 0) is 0 Å². The molecule has 0 amide bonds. The van der Waals surface area contributed by atoms with E-state index in [0.717, 1.165) is 6.07 Å². The van der Waals surface area contributed by atoms with E-state index in [1.807, 2.05) is 0 Å². The maximum atomic E-state index is 13.0. The second-order valence-corrected chi connectivity index (χ2v) is 3.96. The van der Waals surface area contributed by atoms with Crippen molar-refractivity contribution in [3.63, 3.8) is 0 Å². The molecular formula is C13H11FN2O3. The van der Waals surface area contributed by atoms with Crippen LogP contribution in [0.5, 0.6) is 11.6 Å². The molecule has 0 radical (unpaired) electrons. The predicted octanol–water partition coefficient (Wildman–Crippen LogP) is 2.72. The summed E-state index contributed by atoms with van der Waals surface area (Å²) in [7, 11) is 0. The van der Waals surface area contributed by atoms with Crippen LogP contribution in [0.4, 0.5) is 4.39 Å². The molecule has 0 aliphatic rings. The minimum Gasteiger partial charge on any atom is -0.477 e. The number of halogens is 1.